The molecule has 0 saturated carbocycles. The maximum Gasteiger partial charge on any atom is 0.319 e. The van der Waals surface area contributed by atoms with E-state index in [-0.39, 0.29) is 11.4 Å². The number of hydrogen-bond donors (Lipinski definition) is 2. The van der Waals surface area contributed by atoms with E-state index in [4.69, 9.17) is 4.74 Å². The summed E-state index contributed by atoms with van der Waals surface area (Å²) in [6, 6.07) is 11.0. The van der Waals surface area contributed by atoms with Gasteiger partial charge in [-0.2, -0.15) is 0 Å². The highest BCUT2D eigenvalue weighted by Gasteiger charge is 2.13. The Morgan fingerprint density at radius 2 is 1.96 bits per heavy atom. The Bertz CT molecular complexity index is 719. The molecule has 0 aromatic heterocycles. The molecule has 0 saturated heterocycles. The molecule has 0 aliphatic rings. The zero-order valence-corrected chi connectivity index (χ0v) is 13.8. The summed E-state index contributed by atoms with van der Waals surface area (Å²) >= 11 is 3.34. The van der Waals surface area contributed by atoms with Crippen LogP contribution in [0.25, 0.3) is 0 Å². The molecular weight excluding hydrogens is 366 g/mol. The number of nitrogens with zero attached hydrogens (tertiary/aromatic N) is 1. The van der Waals surface area contributed by atoms with E-state index in [9.17, 15) is 14.9 Å². The van der Waals surface area contributed by atoms with Gasteiger partial charge >= 0.3 is 6.03 Å². The van der Waals surface area contributed by atoms with Crippen LogP contribution in [0.15, 0.2) is 46.9 Å². The van der Waals surface area contributed by atoms with Gasteiger partial charge in [-0.25, -0.2) is 4.79 Å². The van der Waals surface area contributed by atoms with Crippen LogP contribution in [0, 0.1) is 10.1 Å². The average molecular weight is 380 g/mol. The van der Waals surface area contributed by atoms with Gasteiger partial charge < -0.3 is 15.4 Å². The van der Waals surface area contributed by atoms with Gasteiger partial charge in [0.1, 0.15) is 5.75 Å². The molecule has 0 bridgehead atoms. The quantitative estimate of drug-likeness (QED) is 0.611. The minimum atomic E-state index is -0.537. The van der Waals surface area contributed by atoms with Crippen molar-refractivity contribution in [1.29, 1.82) is 0 Å². The standard InChI is InChI=1S/C15H14BrN3O4/c1-23-14-7-6-12(19(21)22)8-13(14)18-15(20)17-9-10-2-4-11(16)5-3-10/h2-8H,9H2,1H3,(H2,17,18,20). The summed E-state index contributed by atoms with van der Waals surface area (Å²) in [6.45, 7) is 0.330. The van der Waals surface area contributed by atoms with E-state index in [0.717, 1.165) is 10.0 Å². The highest BCUT2D eigenvalue weighted by Crippen LogP contribution is 2.28. The number of anilines is 1. The summed E-state index contributed by atoms with van der Waals surface area (Å²) < 4.78 is 6.04. The van der Waals surface area contributed by atoms with Crippen LogP contribution in [0.2, 0.25) is 0 Å². The van der Waals surface area contributed by atoms with E-state index in [2.05, 4.69) is 26.6 Å². The van der Waals surface area contributed by atoms with Crippen LogP contribution < -0.4 is 15.4 Å². The first-order chi connectivity index (χ1) is 11.0. The number of rotatable bonds is 5. The second-order valence-electron chi connectivity index (χ2n) is 4.58. The smallest absolute Gasteiger partial charge is 0.319 e. The molecule has 0 unspecified atom stereocenters. The fourth-order valence-corrected chi connectivity index (χ4v) is 2.12. The number of halogens is 1. The maximum absolute atomic E-state index is 11.9. The van der Waals surface area contributed by atoms with E-state index < -0.39 is 11.0 Å². The number of benzene rings is 2. The Morgan fingerprint density at radius 1 is 1.26 bits per heavy atom. The molecule has 23 heavy (non-hydrogen) atoms. The van der Waals surface area contributed by atoms with Gasteiger partial charge in [-0.3, -0.25) is 10.1 Å². The first-order valence-corrected chi connectivity index (χ1v) is 7.40. The van der Waals surface area contributed by atoms with E-state index >= 15 is 0 Å². The summed E-state index contributed by atoms with van der Waals surface area (Å²) in [4.78, 5) is 22.2. The highest BCUT2D eigenvalue weighted by atomic mass is 79.9. The van der Waals surface area contributed by atoms with Crippen LogP contribution in [0.4, 0.5) is 16.2 Å². The number of hydrogen-bond acceptors (Lipinski definition) is 4. The van der Waals surface area contributed by atoms with Crippen molar-refractivity contribution in [3.8, 4) is 5.75 Å². The van der Waals surface area contributed by atoms with E-state index in [1.54, 1.807) is 0 Å². The van der Waals surface area contributed by atoms with Crippen molar-refractivity contribution < 1.29 is 14.5 Å². The number of nitro benzene ring substituents is 1. The number of nitro groups is 1. The molecule has 2 aromatic rings. The normalized spacial score (nSPS) is 10.0. The third kappa shape index (κ3) is 4.68. The number of ether oxygens (including phenoxy) is 1. The fourth-order valence-electron chi connectivity index (χ4n) is 1.86. The molecule has 2 N–H and O–H groups in total. The molecule has 7 nitrogen and oxygen atoms in total. The first-order valence-electron chi connectivity index (χ1n) is 6.61. The number of carbonyl (C=O) groups is 1. The summed E-state index contributed by atoms with van der Waals surface area (Å²) in [5, 5.41) is 16.0. The Morgan fingerprint density at radius 3 is 2.57 bits per heavy atom. The van der Waals surface area contributed by atoms with E-state index in [1.807, 2.05) is 24.3 Å². The minimum absolute atomic E-state index is 0.131. The van der Waals surface area contributed by atoms with Crippen molar-refractivity contribution in [1.82, 2.24) is 5.32 Å². The summed E-state index contributed by atoms with van der Waals surface area (Å²) in [5.74, 6) is 0.342. The minimum Gasteiger partial charge on any atom is -0.495 e. The number of urea groups is 1. The molecule has 0 aliphatic carbocycles. The molecule has 2 rings (SSSR count). The second kappa shape index (κ2) is 7.59. The van der Waals surface area contributed by atoms with E-state index in [1.165, 1.54) is 25.3 Å². The Hall–Kier alpha value is -2.61. The lowest BCUT2D eigenvalue weighted by atomic mass is 10.2. The summed E-state index contributed by atoms with van der Waals surface area (Å²) in [7, 11) is 1.42. The molecule has 0 fully saturated rings. The van der Waals surface area contributed by atoms with Crippen molar-refractivity contribution in [2.45, 2.75) is 6.54 Å². The number of methoxy groups -OCH3 is 1. The molecule has 120 valence electrons. The van der Waals surface area contributed by atoms with Crippen molar-refractivity contribution >= 4 is 33.3 Å². The Balaban J connectivity index is 2.02. The van der Waals surface area contributed by atoms with Crippen LogP contribution >= 0.6 is 15.9 Å². The predicted octanol–water partition coefficient (Wildman–Crippen LogP) is 3.69. The molecule has 0 radical (unpaired) electrons. The molecular formula is C15H14BrN3O4. The third-order valence-corrected chi connectivity index (χ3v) is 3.54. The van der Waals surface area contributed by atoms with Crippen molar-refractivity contribution in [2.24, 2.45) is 0 Å². The summed E-state index contributed by atoms with van der Waals surface area (Å²) in [6.07, 6.45) is 0. The largest absolute Gasteiger partial charge is 0.495 e. The van der Waals surface area contributed by atoms with Crippen molar-refractivity contribution in [3.05, 3.63) is 62.6 Å². The van der Waals surface area contributed by atoms with Gasteiger partial charge in [0.25, 0.3) is 5.69 Å². The van der Waals surface area contributed by atoms with Crippen LogP contribution in [-0.4, -0.2) is 18.1 Å². The van der Waals surface area contributed by atoms with Gasteiger partial charge in [0.15, 0.2) is 0 Å². The van der Waals surface area contributed by atoms with Crippen molar-refractivity contribution in [3.63, 3.8) is 0 Å². The molecule has 0 aliphatic heterocycles. The zero-order chi connectivity index (χ0) is 16.8. The fraction of sp³-hybridized carbons (Fsp3) is 0.133. The molecule has 2 aromatic carbocycles. The molecule has 2 amide bonds. The van der Waals surface area contributed by atoms with Crippen LogP contribution in [0.5, 0.6) is 5.75 Å². The lowest BCUT2D eigenvalue weighted by molar-refractivity contribution is -0.384. The van der Waals surface area contributed by atoms with Gasteiger partial charge in [0, 0.05) is 23.2 Å². The molecule has 0 spiro atoms. The number of amides is 2. The van der Waals surface area contributed by atoms with Crippen LogP contribution in [0.3, 0.4) is 0 Å². The third-order valence-electron chi connectivity index (χ3n) is 3.01. The molecule has 8 heteroatoms. The zero-order valence-electron chi connectivity index (χ0n) is 12.2. The maximum atomic E-state index is 11.9. The Kier molecular flexibility index (Phi) is 5.53. The topological polar surface area (TPSA) is 93.5 Å². The van der Waals surface area contributed by atoms with E-state index in [0.29, 0.717) is 12.3 Å². The average Bonchev–Trinajstić information content (AvgIpc) is 2.54. The lowest BCUT2D eigenvalue weighted by Crippen LogP contribution is -2.28. The molecule has 0 heterocycles. The Labute approximate surface area is 140 Å². The number of nitrogens with one attached hydrogen (secondary N) is 2. The predicted molar refractivity (Wildman–Crippen MR) is 89.6 cm³/mol. The van der Waals surface area contributed by atoms with Crippen molar-refractivity contribution in [2.75, 3.05) is 12.4 Å². The van der Waals surface area contributed by atoms with Crippen LogP contribution in [-0.2, 0) is 6.54 Å². The van der Waals surface area contributed by atoms with Gasteiger partial charge in [0.2, 0.25) is 0 Å². The number of carbonyl (C=O) groups excluding carboxylic acids is 1. The first kappa shape index (κ1) is 16.8. The SMILES string of the molecule is COc1ccc([N+](=O)[O-])cc1NC(=O)NCc1ccc(Br)cc1. The monoisotopic (exact) mass is 379 g/mol. The second-order valence-corrected chi connectivity index (χ2v) is 5.49. The lowest BCUT2D eigenvalue weighted by Gasteiger charge is -2.11. The highest BCUT2D eigenvalue weighted by molar-refractivity contribution is 9.10. The van der Waals surface area contributed by atoms with Gasteiger partial charge in [-0.05, 0) is 23.8 Å². The van der Waals surface area contributed by atoms with Gasteiger partial charge in [-0.15, -0.1) is 0 Å². The van der Waals surface area contributed by atoms with Gasteiger partial charge in [-0.1, -0.05) is 28.1 Å². The molecule has 0 atom stereocenters. The number of non-ortho nitro benzene ring substituents is 1. The van der Waals surface area contributed by atoms with Crippen LogP contribution in [0.1, 0.15) is 5.56 Å². The van der Waals surface area contributed by atoms with Gasteiger partial charge in [0.05, 0.1) is 17.7 Å². The summed E-state index contributed by atoms with van der Waals surface area (Å²) in [5.41, 5.74) is 1.03.